The minimum atomic E-state index is -0.406. The summed E-state index contributed by atoms with van der Waals surface area (Å²) in [5.41, 5.74) is 5.65. The van der Waals surface area contributed by atoms with Crippen molar-refractivity contribution in [2.75, 3.05) is 43.9 Å². The third-order valence-electron chi connectivity index (χ3n) is 3.09. The van der Waals surface area contributed by atoms with Crippen molar-refractivity contribution in [2.24, 2.45) is 0 Å². The number of pyridine rings is 1. The lowest BCUT2D eigenvalue weighted by molar-refractivity contribution is -0.384. The number of likely N-dealkylation sites (N-methyl/N-ethyl adjacent to an activating group) is 1. The topological polar surface area (TPSA) is 88.5 Å². The molecule has 1 fully saturated rings. The van der Waals surface area contributed by atoms with Gasteiger partial charge in [-0.3, -0.25) is 10.1 Å². The van der Waals surface area contributed by atoms with E-state index in [-0.39, 0.29) is 5.69 Å². The number of nitrogen functional groups attached to an aromatic ring is 1. The van der Waals surface area contributed by atoms with E-state index in [2.05, 4.69) is 9.88 Å². The smallest absolute Gasteiger partial charge is 0.311 e. The van der Waals surface area contributed by atoms with Crippen LogP contribution in [-0.4, -0.2) is 48.0 Å². The molecular formula is C11H17N5O2. The Morgan fingerprint density at radius 1 is 1.33 bits per heavy atom. The first-order valence-electron chi connectivity index (χ1n) is 5.92. The molecule has 0 unspecified atom stereocenters. The zero-order valence-electron chi connectivity index (χ0n) is 10.4. The number of aromatic nitrogens is 1. The lowest BCUT2D eigenvalue weighted by Gasteiger charge is -2.21. The minimum absolute atomic E-state index is 0.0220. The highest BCUT2D eigenvalue weighted by Gasteiger charge is 2.23. The molecule has 1 aromatic heterocycles. The van der Waals surface area contributed by atoms with Gasteiger partial charge >= 0.3 is 5.69 Å². The first-order chi connectivity index (χ1) is 8.58. The van der Waals surface area contributed by atoms with Gasteiger partial charge in [-0.25, -0.2) is 4.98 Å². The highest BCUT2D eigenvalue weighted by Crippen LogP contribution is 2.27. The summed E-state index contributed by atoms with van der Waals surface area (Å²) in [6.45, 7) is 3.36. The summed E-state index contributed by atoms with van der Waals surface area (Å²) in [6, 6.07) is 2.89. The number of nitro groups is 1. The zero-order chi connectivity index (χ0) is 13.1. The van der Waals surface area contributed by atoms with E-state index < -0.39 is 4.92 Å². The van der Waals surface area contributed by atoms with Gasteiger partial charge in [0.15, 0.2) is 0 Å². The van der Waals surface area contributed by atoms with E-state index >= 15 is 0 Å². The van der Waals surface area contributed by atoms with Crippen molar-refractivity contribution in [3.63, 3.8) is 0 Å². The summed E-state index contributed by atoms with van der Waals surface area (Å²) in [5, 5.41) is 11.0. The van der Waals surface area contributed by atoms with Crippen molar-refractivity contribution in [3.05, 3.63) is 22.2 Å². The predicted molar refractivity (Wildman–Crippen MR) is 69.6 cm³/mol. The Hall–Kier alpha value is -1.89. The highest BCUT2D eigenvalue weighted by atomic mass is 16.6. The molecule has 7 heteroatoms. The van der Waals surface area contributed by atoms with E-state index in [0.29, 0.717) is 11.6 Å². The van der Waals surface area contributed by atoms with Gasteiger partial charge in [0.05, 0.1) is 4.92 Å². The van der Waals surface area contributed by atoms with Crippen LogP contribution in [0.25, 0.3) is 0 Å². The molecule has 1 saturated heterocycles. The van der Waals surface area contributed by atoms with Crippen LogP contribution < -0.4 is 10.6 Å². The molecule has 0 spiro atoms. The first-order valence-corrected chi connectivity index (χ1v) is 5.92. The minimum Gasteiger partial charge on any atom is -0.384 e. The maximum Gasteiger partial charge on any atom is 0.311 e. The summed E-state index contributed by atoms with van der Waals surface area (Å²) in [5.74, 6) is 0.698. The molecule has 0 aliphatic carbocycles. The van der Waals surface area contributed by atoms with E-state index in [1.54, 1.807) is 0 Å². The van der Waals surface area contributed by atoms with Crippen LogP contribution in [0.1, 0.15) is 6.42 Å². The first kappa shape index (κ1) is 12.6. The average Bonchev–Trinajstić information content (AvgIpc) is 2.53. The predicted octanol–water partition coefficient (Wildman–Crippen LogP) is 0.714. The Morgan fingerprint density at radius 2 is 2.11 bits per heavy atom. The second kappa shape index (κ2) is 5.18. The van der Waals surface area contributed by atoms with E-state index in [1.165, 1.54) is 12.1 Å². The van der Waals surface area contributed by atoms with Crippen LogP contribution >= 0.6 is 0 Å². The van der Waals surface area contributed by atoms with Gasteiger partial charge in [0.1, 0.15) is 5.82 Å². The largest absolute Gasteiger partial charge is 0.384 e. The second-order valence-electron chi connectivity index (χ2n) is 4.48. The Kier molecular flexibility index (Phi) is 3.61. The highest BCUT2D eigenvalue weighted by molar-refractivity contribution is 5.61. The van der Waals surface area contributed by atoms with Crippen LogP contribution in [0, 0.1) is 10.1 Å². The molecule has 1 aliphatic heterocycles. The standard InChI is InChI=1S/C11H17N5O2/c1-14-5-2-6-15(8-7-14)11-9(16(17)18)3-4-10(12)13-11/h3-4H,2,5-8H2,1H3,(H2,12,13). The van der Waals surface area contributed by atoms with Gasteiger partial charge < -0.3 is 15.5 Å². The van der Waals surface area contributed by atoms with Gasteiger partial charge in [-0.15, -0.1) is 0 Å². The van der Waals surface area contributed by atoms with Crippen LogP contribution in [0.2, 0.25) is 0 Å². The van der Waals surface area contributed by atoms with Crippen molar-refractivity contribution in [1.29, 1.82) is 0 Å². The molecule has 2 rings (SSSR count). The van der Waals surface area contributed by atoms with Crippen LogP contribution in [0.15, 0.2) is 12.1 Å². The molecule has 0 radical (unpaired) electrons. The number of rotatable bonds is 2. The average molecular weight is 251 g/mol. The maximum absolute atomic E-state index is 11.0. The number of nitrogens with zero attached hydrogens (tertiary/aromatic N) is 4. The van der Waals surface area contributed by atoms with Crippen molar-refractivity contribution < 1.29 is 4.92 Å². The molecule has 18 heavy (non-hydrogen) atoms. The van der Waals surface area contributed by atoms with Crippen LogP contribution in [0.4, 0.5) is 17.3 Å². The number of hydrogen-bond donors (Lipinski definition) is 1. The van der Waals surface area contributed by atoms with E-state index in [9.17, 15) is 10.1 Å². The monoisotopic (exact) mass is 251 g/mol. The third-order valence-corrected chi connectivity index (χ3v) is 3.09. The van der Waals surface area contributed by atoms with E-state index in [4.69, 9.17) is 5.73 Å². The van der Waals surface area contributed by atoms with Gasteiger partial charge in [-0.05, 0) is 26.1 Å². The molecule has 0 atom stereocenters. The van der Waals surface area contributed by atoms with Crippen LogP contribution in [-0.2, 0) is 0 Å². The van der Waals surface area contributed by atoms with Gasteiger partial charge in [0.25, 0.3) is 0 Å². The molecule has 7 nitrogen and oxygen atoms in total. The molecule has 1 aliphatic rings. The number of hydrogen-bond acceptors (Lipinski definition) is 6. The molecule has 2 N–H and O–H groups in total. The molecule has 1 aromatic rings. The normalized spacial score (nSPS) is 17.5. The summed E-state index contributed by atoms with van der Waals surface area (Å²) in [4.78, 5) is 18.9. The zero-order valence-corrected chi connectivity index (χ0v) is 10.4. The maximum atomic E-state index is 11.0. The summed E-state index contributed by atoms with van der Waals surface area (Å²) >= 11 is 0. The molecule has 0 saturated carbocycles. The lowest BCUT2D eigenvalue weighted by atomic mass is 10.3. The summed E-state index contributed by atoms with van der Waals surface area (Å²) < 4.78 is 0. The molecular weight excluding hydrogens is 234 g/mol. The van der Waals surface area contributed by atoms with E-state index in [1.807, 2.05) is 11.9 Å². The number of anilines is 2. The SMILES string of the molecule is CN1CCCN(c2nc(N)ccc2[N+](=O)[O-])CC1. The Labute approximate surface area is 105 Å². The second-order valence-corrected chi connectivity index (χ2v) is 4.48. The quantitative estimate of drug-likeness (QED) is 0.615. The van der Waals surface area contributed by atoms with Crippen LogP contribution in [0.5, 0.6) is 0 Å². The Bertz CT molecular complexity index is 451. The Balaban J connectivity index is 2.30. The lowest BCUT2D eigenvalue weighted by Crippen LogP contribution is -2.30. The molecule has 0 bridgehead atoms. The van der Waals surface area contributed by atoms with Crippen LogP contribution in [0.3, 0.4) is 0 Å². The van der Waals surface area contributed by atoms with Crippen molar-refractivity contribution in [2.45, 2.75) is 6.42 Å². The fraction of sp³-hybridized carbons (Fsp3) is 0.545. The van der Waals surface area contributed by atoms with Gasteiger partial charge in [-0.2, -0.15) is 0 Å². The van der Waals surface area contributed by atoms with Crippen molar-refractivity contribution in [1.82, 2.24) is 9.88 Å². The van der Waals surface area contributed by atoms with Crippen molar-refractivity contribution in [3.8, 4) is 0 Å². The Morgan fingerprint density at radius 3 is 2.83 bits per heavy atom. The third kappa shape index (κ3) is 2.67. The molecule has 0 amide bonds. The molecule has 2 heterocycles. The molecule has 0 aromatic carbocycles. The number of nitrogens with two attached hydrogens (primary N) is 1. The fourth-order valence-electron chi connectivity index (χ4n) is 2.09. The summed E-state index contributed by atoms with van der Waals surface area (Å²) in [7, 11) is 2.05. The van der Waals surface area contributed by atoms with Gasteiger partial charge in [0, 0.05) is 25.7 Å². The van der Waals surface area contributed by atoms with Crippen molar-refractivity contribution >= 4 is 17.3 Å². The molecule has 98 valence electrons. The fourth-order valence-corrected chi connectivity index (χ4v) is 2.09. The van der Waals surface area contributed by atoms with Gasteiger partial charge in [-0.1, -0.05) is 0 Å². The summed E-state index contributed by atoms with van der Waals surface area (Å²) in [6.07, 6.45) is 0.962. The van der Waals surface area contributed by atoms with E-state index in [0.717, 1.165) is 32.6 Å². The van der Waals surface area contributed by atoms with Gasteiger partial charge in [0.2, 0.25) is 5.82 Å².